The van der Waals surface area contributed by atoms with Crippen molar-refractivity contribution < 1.29 is 9.53 Å². The fourth-order valence-electron chi connectivity index (χ4n) is 1.89. The second kappa shape index (κ2) is 4.44. The smallest absolute Gasteiger partial charge is 0.410 e. The van der Waals surface area contributed by atoms with E-state index in [-0.39, 0.29) is 17.9 Å². The molecule has 0 aliphatic carbocycles. The highest BCUT2D eigenvalue weighted by Gasteiger charge is 2.31. The summed E-state index contributed by atoms with van der Waals surface area (Å²) in [5.41, 5.74) is 0.286. The maximum atomic E-state index is 11.8. The molecule has 0 bridgehead atoms. The number of rotatable bonds is 0. The Kier molecular flexibility index (Phi) is 3.61. The molecule has 1 heterocycles. The summed E-state index contributed by atoms with van der Waals surface area (Å²) in [5.74, 6) is 0.271. The van der Waals surface area contributed by atoms with Crippen LogP contribution >= 0.6 is 0 Å². The number of nitrogens with one attached hydrogen (secondary N) is 1. The molecule has 0 aromatic carbocycles. The van der Waals surface area contributed by atoms with Gasteiger partial charge in [0.15, 0.2) is 0 Å². The van der Waals surface area contributed by atoms with E-state index >= 15 is 0 Å². The van der Waals surface area contributed by atoms with Crippen molar-refractivity contribution >= 4 is 11.8 Å². The predicted molar refractivity (Wildman–Crippen MR) is 63.9 cm³/mol. The van der Waals surface area contributed by atoms with Crippen LogP contribution in [0.15, 0.2) is 0 Å². The summed E-state index contributed by atoms with van der Waals surface area (Å²) < 4.78 is 5.33. The molecule has 0 aromatic heterocycles. The Balaban J connectivity index is 2.62. The SMILES string of the molecule is CC1CN(C(=O)OC(C)(C)C)C[C@@H](C)C1=N. The third-order valence-electron chi connectivity index (χ3n) is 2.70. The molecule has 1 N–H and O–H groups in total. The van der Waals surface area contributed by atoms with Gasteiger partial charge in [-0.05, 0) is 20.8 Å². The zero-order valence-corrected chi connectivity index (χ0v) is 10.8. The van der Waals surface area contributed by atoms with E-state index in [2.05, 4.69) is 0 Å². The topological polar surface area (TPSA) is 53.4 Å². The summed E-state index contributed by atoms with van der Waals surface area (Å²) in [4.78, 5) is 13.6. The lowest BCUT2D eigenvalue weighted by atomic mass is 9.90. The summed E-state index contributed by atoms with van der Waals surface area (Å²) in [6.45, 7) is 10.7. The molecule has 92 valence electrons. The number of ether oxygens (including phenoxy) is 1. The van der Waals surface area contributed by atoms with Crippen molar-refractivity contribution in [2.45, 2.75) is 40.2 Å². The van der Waals surface area contributed by atoms with E-state index < -0.39 is 5.60 Å². The third-order valence-corrected chi connectivity index (χ3v) is 2.70. The maximum Gasteiger partial charge on any atom is 0.410 e. The van der Waals surface area contributed by atoms with Crippen molar-refractivity contribution in [3.63, 3.8) is 0 Å². The molecule has 4 nitrogen and oxygen atoms in total. The van der Waals surface area contributed by atoms with E-state index in [0.29, 0.717) is 13.1 Å². The van der Waals surface area contributed by atoms with Gasteiger partial charge in [0, 0.05) is 30.6 Å². The van der Waals surface area contributed by atoms with E-state index in [4.69, 9.17) is 10.1 Å². The van der Waals surface area contributed by atoms with Gasteiger partial charge in [-0.2, -0.15) is 0 Å². The lowest BCUT2D eigenvalue weighted by Gasteiger charge is -2.36. The first kappa shape index (κ1) is 13.0. The van der Waals surface area contributed by atoms with E-state index in [0.717, 1.165) is 5.71 Å². The zero-order chi connectivity index (χ0) is 12.5. The molecule has 0 saturated carbocycles. The molecule has 4 heteroatoms. The predicted octanol–water partition coefficient (Wildman–Crippen LogP) is 2.53. The molecular formula is C12H22N2O2. The first-order chi connectivity index (χ1) is 7.20. The number of amides is 1. The lowest BCUT2D eigenvalue weighted by Crippen LogP contribution is -2.48. The first-order valence-corrected chi connectivity index (χ1v) is 5.77. The Morgan fingerprint density at radius 1 is 1.31 bits per heavy atom. The fraction of sp³-hybridized carbons (Fsp3) is 0.833. The molecule has 16 heavy (non-hydrogen) atoms. The minimum absolute atomic E-state index is 0.135. The number of carbonyl (C=O) groups is 1. The second-order valence-electron chi connectivity index (χ2n) is 5.64. The molecule has 1 aliphatic heterocycles. The Labute approximate surface area is 97.5 Å². The molecule has 0 radical (unpaired) electrons. The summed E-state index contributed by atoms with van der Waals surface area (Å²) in [6, 6.07) is 0. The number of likely N-dealkylation sites (tertiary alicyclic amines) is 1. The quantitative estimate of drug-likeness (QED) is 0.690. The minimum atomic E-state index is -0.450. The van der Waals surface area contributed by atoms with Crippen LogP contribution in [0.25, 0.3) is 0 Å². The van der Waals surface area contributed by atoms with Gasteiger partial charge in [-0.1, -0.05) is 13.8 Å². The third kappa shape index (κ3) is 3.22. The summed E-state index contributed by atoms with van der Waals surface area (Å²) in [7, 11) is 0. The molecule has 1 rings (SSSR count). The normalized spacial score (nSPS) is 26.8. The largest absolute Gasteiger partial charge is 0.444 e. The van der Waals surface area contributed by atoms with Gasteiger partial charge in [0.2, 0.25) is 0 Å². The number of carbonyl (C=O) groups excluding carboxylic acids is 1. The number of hydrogen-bond donors (Lipinski definition) is 1. The summed E-state index contributed by atoms with van der Waals surface area (Å²) >= 11 is 0. The van der Waals surface area contributed by atoms with E-state index in [9.17, 15) is 4.79 Å². The molecule has 0 spiro atoms. The van der Waals surface area contributed by atoms with Gasteiger partial charge >= 0.3 is 6.09 Å². The first-order valence-electron chi connectivity index (χ1n) is 5.77. The highest BCUT2D eigenvalue weighted by molar-refractivity contribution is 5.88. The van der Waals surface area contributed by atoms with Gasteiger partial charge in [0.25, 0.3) is 0 Å². The monoisotopic (exact) mass is 226 g/mol. The van der Waals surface area contributed by atoms with Crippen LogP contribution in [0.4, 0.5) is 4.79 Å². The van der Waals surface area contributed by atoms with Crippen molar-refractivity contribution in [3.05, 3.63) is 0 Å². The van der Waals surface area contributed by atoms with Crippen LogP contribution in [0, 0.1) is 17.2 Å². The Morgan fingerprint density at radius 2 is 1.75 bits per heavy atom. The van der Waals surface area contributed by atoms with Crippen molar-refractivity contribution in [3.8, 4) is 0 Å². The van der Waals surface area contributed by atoms with Gasteiger partial charge in [0.1, 0.15) is 5.60 Å². The van der Waals surface area contributed by atoms with E-state index in [1.165, 1.54) is 0 Å². The number of nitrogens with zero attached hydrogens (tertiary/aromatic N) is 1. The van der Waals surface area contributed by atoms with Crippen LogP contribution in [-0.2, 0) is 4.74 Å². The lowest BCUT2D eigenvalue weighted by molar-refractivity contribution is 0.0204. The highest BCUT2D eigenvalue weighted by Crippen LogP contribution is 2.20. The summed E-state index contributed by atoms with van der Waals surface area (Å²) in [6.07, 6.45) is -0.265. The minimum Gasteiger partial charge on any atom is -0.444 e. The van der Waals surface area contributed by atoms with Crippen LogP contribution in [0.3, 0.4) is 0 Å². The Morgan fingerprint density at radius 3 is 2.12 bits per heavy atom. The molecular weight excluding hydrogens is 204 g/mol. The van der Waals surface area contributed by atoms with Crippen molar-refractivity contribution in [1.29, 1.82) is 5.41 Å². The molecule has 2 atom stereocenters. The van der Waals surface area contributed by atoms with Crippen LogP contribution in [-0.4, -0.2) is 35.4 Å². The zero-order valence-electron chi connectivity index (χ0n) is 10.8. The molecule has 1 amide bonds. The van der Waals surface area contributed by atoms with Crippen LogP contribution in [0.5, 0.6) is 0 Å². The number of hydrogen-bond acceptors (Lipinski definition) is 3. The van der Waals surface area contributed by atoms with Crippen molar-refractivity contribution in [1.82, 2.24) is 4.90 Å². The van der Waals surface area contributed by atoms with Crippen LogP contribution in [0.1, 0.15) is 34.6 Å². The average Bonchev–Trinajstić information content (AvgIpc) is 2.10. The van der Waals surface area contributed by atoms with Gasteiger partial charge in [-0.3, -0.25) is 0 Å². The Hall–Kier alpha value is -1.06. The van der Waals surface area contributed by atoms with Gasteiger partial charge in [0.05, 0.1) is 0 Å². The van der Waals surface area contributed by atoms with Gasteiger partial charge < -0.3 is 15.0 Å². The van der Waals surface area contributed by atoms with Gasteiger partial charge in [-0.15, -0.1) is 0 Å². The van der Waals surface area contributed by atoms with Crippen molar-refractivity contribution in [2.24, 2.45) is 11.8 Å². The van der Waals surface area contributed by atoms with E-state index in [1.54, 1.807) is 4.90 Å². The molecule has 1 unspecified atom stereocenters. The fourth-order valence-corrected chi connectivity index (χ4v) is 1.89. The van der Waals surface area contributed by atoms with Gasteiger partial charge in [-0.25, -0.2) is 4.79 Å². The average molecular weight is 226 g/mol. The molecule has 1 fully saturated rings. The Bertz CT molecular complexity index is 280. The van der Waals surface area contributed by atoms with Crippen LogP contribution in [0.2, 0.25) is 0 Å². The second-order valence-corrected chi connectivity index (χ2v) is 5.64. The maximum absolute atomic E-state index is 11.8. The molecule has 1 saturated heterocycles. The molecule has 1 aliphatic rings. The number of piperidine rings is 1. The highest BCUT2D eigenvalue weighted by atomic mass is 16.6. The summed E-state index contributed by atoms with van der Waals surface area (Å²) in [5, 5.41) is 7.83. The van der Waals surface area contributed by atoms with Crippen molar-refractivity contribution in [2.75, 3.05) is 13.1 Å². The van der Waals surface area contributed by atoms with Crippen LogP contribution < -0.4 is 0 Å². The molecule has 0 aromatic rings. The standard InChI is InChI=1S/C12H22N2O2/c1-8-6-14(7-9(2)10(8)13)11(15)16-12(3,4)5/h8-9,13H,6-7H2,1-5H3/t8-,9?/m1/s1. The van der Waals surface area contributed by atoms with E-state index in [1.807, 2.05) is 34.6 Å².